The topological polar surface area (TPSA) is 26.3 Å². The lowest BCUT2D eigenvalue weighted by Gasteiger charge is -2.09. The first-order valence-electron chi connectivity index (χ1n) is 6.35. The van der Waals surface area contributed by atoms with E-state index in [4.69, 9.17) is 4.74 Å². The maximum absolute atomic E-state index is 11.3. The zero-order valence-corrected chi connectivity index (χ0v) is 10.1. The van der Waals surface area contributed by atoms with Gasteiger partial charge >= 0.3 is 5.97 Å². The summed E-state index contributed by atoms with van der Waals surface area (Å²) in [6.45, 7) is 2.24. The van der Waals surface area contributed by atoms with Crippen molar-refractivity contribution in [3.63, 3.8) is 0 Å². The summed E-state index contributed by atoms with van der Waals surface area (Å²) in [4.78, 5) is 11.3. The molecule has 88 valence electrons. The first kappa shape index (κ1) is 12.5. The molecule has 0 amide bonds. The van der Waals surface area contributed by atoms with Gasteiger partial charge in [0.2, 0.25) is 0 Å². The Labute approximate surface area is 93.4 Å². The SMILES string of the molecule is CCCCCCC1CCC(C(=O)OC)C1. The average Bonchev–Trinajstić information content (AvgIpc) is 2.72. The molecule has 0 heterocycles. The summed E-state index contributed by atoms with van der Waals surface area (Å²) >= 11 is 0. The van der Waals surface area contributed by atoms with Crippen molar-refractivity contribution >= 4 is 5.97 Å². The predicted octanol–water partition coefficient (Wildman–Crippen LogP) is 3.55. The molecule has 15 heavy (non-hydrogen) atoms. The molecule has 2 heteroatoms. The maximum Gasteiger partial charge on any atom is 0.308 e. The van der Waals surface area contributed by atoms with E-state index in [0.29, 0.717) is 0 Å². The largest absolute Gasteiger partial charge is 0.469 e. The Morgan fingerprint density at radius 3 is 2.73 bits per heavy atom. The monoisotopic (exact) mass is 212 g/mol. The number of esters is 1. The second-order valence-electron chi connectivity index (χ2n) is 4.75. The van der Waals surface area contributed by atoms with Gasteiger partial charge in [-0.25, -0.2) is 0 Å². The number of unbranched alkanes of at least 4 members (excludes halogenated alkanes) is 3. The molecule has 1 fully saturated rings. The third-order valence-corrected chi connectivity index (χ3v) is 3.54. The number of carbonyl (C=O) groups excluding carboxylic acids is 1. The molecule has 1 saturated carbocycles. The summed E-state index contributed by atoms with van der Waals surface area (Å²) < 4.78 is 4.79. The Bertz CT molecular complexity index is 189. The highest BCUT2D eigenvalue weighted by Crippen LogP contribution is 2.34. The van der Waals surface area contributed by atoms with Crippen molar-refractivity contribution in [2.45, 2.75) is 58.3 Å². The molecule has 0 aromatic heterocycles. The van der Waals surface area contributed by atoms with Gasteiger partial charge in [-0.1, -0.05) is 39.0 Å². The average molecular weight is 212 g/mol. The zero-order chi connectivity index (χ0) is 11.1. The molecule has 0 aromatic rings. The third kappa shape index (κ3) is 4.23. The number of hydrogen-bond donors (Lipinski definition) is 0. The van der Waals surface area contributed by atoms with Gasteiger partial charge in [-0.05, 0) is 25.2 Å². The van der Waals surface area contributed by atoms with Crippen LogP contribution in [0.4, 0.5) is 0 Å². The Balaban J connectivity index is 2.11. The van der Waals surface area contributed by atoms with E-state index < -0.39 is 0 Å². The first-order chi connectivity index (χ1) is 7.27. The number of hydrogen-bond acceptors (Lipinski definition) is 2. The molecule has 0 aromatic carbocycles. The van der Waals surface area contributed by atoms with Gasteiger partial charge in [0.05, 0.1) is 13.0 Å². The summed E-state index contributed by atoms with van der Waals surface area (Å²) in [5.74, 6) is 0.989. The van der Waals surface area contributed by atoms with E-state index in [0.717, 1.165) is 18.8 Å². The fourth-order valence-electron chi connectivity index (χ4n) is 2.58. The van der Waals surface area contributed by atoms with E-state index in [1.807, 2.05) is 0 Å². The molecule has 2 unspecified atom stereocenters. The van der Waals surface area contributed by atoms with Crippen LogP contribution in [0.2, 0.25) is 0 Å². The minimum Gasteiger partial charge on any atom is -0.469 e. The van der Waals surface area contributed by atoms with Gasteiger partial charge in [0, 0.05) is 0 Å². The summed E-state index contributed by atoms with van der Waals surface area (Å²) in [5.41, 5.74) is 0. The van der Waals surface area contributed by atoms with Crippen molar-refractivity contribution in [1.29, 1.82) is 0 Å². The van der Waals surface area contributed by atoms with Gasteiger partial charge in [0.25, 0.3) is 0 Å². The fourth-order valence-corrected chi connectivity index (χ4v) is 2.58. The summed E-state index contributed by atoms with van der Waals surface area (Å²) in [6, 6.07) is 0. The van der Waals surface area contributed by atoms with Gasteiger partial charge in [0.15, 0.2) is 0 Å². The van der Waals surface area contributed by atoms with E-state index in [2.05, 4.69) is 6.92 Å². The zero-order valence-electron chi connectivity index (χ0n) is 10.1. The second-order valence-corrected chi connectivity index (χ2v) is 4.75. The molecular formula is C13H24O2. The van der Waals surface area contributed by atoms with E-state index in [9.17, 15) is 4.79 Å². The van der Waals surface area contributed by atoms with Gasteiger partial charge < -0.3 is 4.74 Å². The standard InChI is InChI=1S/C13H24O2/c1-3-4-5-6-7-11-8-9-12(10-11)13(14)15-2/h11-12H,3-10H2,1-2H3. The lowest BCUT2D eigenvalue weighted by atomic mass is 9.98. The maximum atomic E-state index is 11.3. The second kappa shape index (κ2) is 6.86. The number of ether oxygens (including phenoxy) is 1. The van der Waals surface area contributed by atoms with Crippen molar-refractivity contribution in [3.8, 4) is 0 Å². The van der Waals surface area contributed by atoms with E-state index in [1.165, 1.54) is 45.6 Å². The molecule has 0 bridgehead atoms. The quantitative estimate of drug-likeness (QED) is 0.497. The lowest BCUT2D eigenvalue weighted by molar-refractivity contribution is -0.145. The molecule has 2 nitrogen and oxygen atoms in total. The molecule has 2 atom stereocenters. The van der Waals surface area contributed by atoms with Crippen molar-refractivity contribution in [2.24, 2.45) is 11.8 Å². The van der Waals surface area contributed by atoms with Crippen LogP contribution in [-0.2, 0) is 9.53 Å². The Morgan fingerprint density at radius 1 is 1.27 bits per heavy atom. The van der Waals surface area contributed by atoms with Gasteiger partial charge in [-0.15, -0.1) is 0 Å². The summed E-state index contributed by atoms with van der Waals surface area (Å²) in [5, 5.41) is 0. The van der Waals surface area contributed by atoms with Crippen LogP contribution in [0.3, 0.4) is 0 Å². The Morgan fingerprint density at radius 2 is 2.07 bits per heavy atom. The van der Waals surface area contributed by atoms with Crippen LogP contribution in [0, 0.1) is 11.8 Å². The van der Waals surface area contributed by atoms with E-state index >= 15 is 0 Å². The van der Waals surface area contributed by atoms with Crippen LogP contribution >= 0.6 is 0 Å². The smallest absolute Gasteiger partial charge is 0.308 e. The van der Waals surface area contributed by atoms with Crippen LogP contribution in [-0.4, -0.2) is 13.1 Å². The van der Waals surface area contributed by atoms with Gasteiger partial charge in [-0.2, -0.15) is 0 Å². The third-order valence-electron chi connectivity index (χ3n) is 3.54. The van der Waals surface area contributed by atoms with Crippen molar-refractivity contribution in [1.82, 2.24) is 0 Å². The minimum absolute atomic E-state index is 0.00561. The number of rotatable bonds is 6. The molecule has 0 aliphatic heterocycles. The molecule has 0 N–H and O–H groups in total. The fraction of sp³-hybridized carbons (Fsp3) is 0.923. The summed E-state index contributed by atoms with van der Waals surface area (Å²) in [7, 11) is 1.50. The van der Waals surface area contributed by atoms with Crippen molar-refractivity contribution in [3.05, 3.63) is 0 Å². The highest BCUT2D eigenvalue weighted by atomic mass is 16.5. The lowest BCUT2D eigenvalue weighted by Crippen LogP contribution is -2.12. The van der Waals surface area contributed by atoms with Crippen molar-refractivity contribution in [2.75, 3.05) is 7.11 Å². The number of carbonyl (C=O) groups is 1. The number of methoxy groups -OCH3 is 1. The normalized spacial score (nSPS) is 25.5. The minimum atomic E-state index is 0.00561. The molecule has 1 aliphatic carbocycles. The van der Waals surface area contributed by atoms with E-state index in [-0.39, 0.29) is 11.9 Å². The molecule has 1 rings (SSSR count). The molecule has 1 aliphatic rings. The first-order valence-corrected chi connectivity index (χ1v) is 6.35. The highest BCUT2D eigenvalue weighted by molar-refractivity contribution is 5.72. The molecular weight excluding hydrogens is 188 g/mol. The Kier molecular flexibility index (Phi) is 5.74. The molecule has 0 spiro atoms. The molecule has 0 saturated heterocycles. The van der Waals surface area contributed by atoms with E-state index in [1.54, 1.807) is 0 Å². The van der Waals surface area contributed by atoms with Gasteiger partial charge in [0.1, 0.15) is 0 Å². The van der Waals surface area contributed by atoms with Crippen LogP contribution in [0.15, 0.2) is 0 Å². The summed E-state index contributed by atoms with van der Waals surface area (Å²) in [6.07, 6.45) is 10.0. The van der Waals surface area contributed by atoms with Crippen LogP contribution < -0.4 is 0 Å². The molecule has 0 radical (unpaired) electrons. The van der Waals surface area contributed by atoms with Gasteiger partial charge in [-0.3, -0.25) is 4.79 Å². The van der Waals surface area contributed by atoms with Crippen molar-refractivity contribution < 1.29 is 9.53 Å². The predicted molar refractivity (Wildman–Crippen MR) is 61.6 cm³/mol. The van der Waals surface area contributed by atoms with Crippen LogP contribution in [0.5, 0.6) is 0 Å². The van der Waals surface area contributed by atoms with Crippen LogP contribution in [0.25, 0.3) is 0 Å². The highest BCUT2D eigenvalue weighted by Gasteiger charge is 2.29. The van der Waals surface area contributed by atoms with Crippen LogP contribution in [0.1, 0.15) is 58.3 Å². The Hall–Kier alpha value is -0.530.